The normalized spacial score (nSPS) is 11.8. The minimum atomic E-state index is -3.82. The van der Waals surface area contributed by atoms with E-state index in [4.69, 9.17) is 4.18 Å². The molecule has 0 saturated carbocycles. The lowest BCUT2D eigenvalue weighted by Crippen LogP contribution is -2.21. The fourth-order valence-electron chi connectivity index (χ4n) is 2.21. The number of rotatable bonds is 13. The largest absolute Gasteiger partial charge is 0.508 e. The highest BCUT2D eigenvalue weighted by atomic mass is 32.2. The van der Waals surface area contributed by atoms with Gasteiger partial charge in [-0.15, -0.1) is 0 Å². The lowest BCUT2D eigenvalue weighted by molar-refractivity contribution is 0.309. The Hall–Kier alpha value is -1.15. The van der Waals surface area contributed by atoms with Gasteiger partial charge in [-0.25, -0.2) is 0 Å². The highest BCUT2D eigenvalue weighted by Gasteiger charge is 2.18. The van der Waals surface area contributed by atoms with E-state index in [-0.39, 0.29) is 17.3 Å². The molecule has 0 fully saturated rings. The number of phenolic OH excluding ortho intramolecular Hbond substituents is 1. The van der Waals surface area contributed by atoms with Gasteiger partial charge in [-0.3, -0.25) is 4.18 Å². The summed E-state index contributed by atoms with van der Waals surface area (Å²) < 4.78 is 29.2. The molecule has 0 heterocycles. The van der Waals surface area contributed by atoms with Crippen molar-refractivity contribution in [3.8, 4) is 5.75 Å². The van der Waals surface area contributed by atoms with Crippen LogP contribution < -0.4 is 10.6 Å². The van der Waals surface area contributed by atoms with E-state index < -0.39 is 10.1 Å². The molecule has 0 amide bonds. The topological polar surface area (TPSA) is 87.7 Å². The molecule has 0 aliphatic heterocycles. The summed E-state index contributed by atoms with van der Waals surface area (Å²) in [5.74, 6) is -0.0853. The zero-order valence-electron chi connectivity index (χ0n) is 14.7. The molecule has 0 spiro atoms. The lowest BCUT2D eigenvalue weighted by atomic mass is 10.2. The number of aromatic hydroxyl groups is 1. The van der Waals surface area contributed by atoms with Crippen LogP contribution in [0, 0.1) is 6.92 Å². The third kappa shape index (κ3) is 8.10. The Morgan fingerprint density at radius 3 is 2.33 bits per heavy atom. The molecule has 138 valence electrons. The van der Waals surface area contributed by atoms with Gasteiger partial charge in [0.2, 0.25) is 0 Å². The van der Waals surface area contributed by atoms with Crippen molar-refractivity contribution in [3.63, 3.8) is 0 Å². The molecular formula is C17H30N2O4S. The molecule has 0 aromatic heterocycles. The van der Waals surface area contributed by atoms with E-state index in [1.54, 1.807) is 13.0 Å². The first-order valence-corrected chi connectivity index (χ1v) is 9.98. The van der Waals surface area contributed by atoms with Crippen molar-refractivity contribution in [3.05, 3.63) is 23.8 Å². The first kappa shape index (κ1) is 20.9. The standard InChI is InChI=1S/C17H30N2O4S/c1-3-9-18-10-4-5-11-19-12-6-13-23-24(21,22)17-14-16(20)8-7-15(17)2/h7-8,14,18-20H,3-6,9-13H2,1-2H3. The second kappa shape index (κ2) is 11.4. The molecule has 0 bridgehead atoms. The fourth-order valence-corrected chi connectivity index (χ4v) is 3.41. The predicted molar refractivity (Wildman–Crippen MR) is 95.9 cm³/mol. The molecule has 0 unspecified atom stereocenters. The summed E-state index contributed by atoms with van der Waals surface area (Å²) in [6, 6.07) is 4.23. The zero-order valence-corrected chi connectivity index (χ0v) is 15.5. The second-order valence-electron chi connectivity index (χ2n) is 5.79. The van der Waals surface area contributed by atoms with E-state index in [1.165, 1.54) is 12.1 Å². The molecule has 0 atom stereocenters. The third-order valence-corrected chi connectivity index (χ3v) is 5.02. The minimum absolute atomic E-state index is 0.0232. The van der Waals surface area contributed by atoms with Gasteiger partial charge in [0.15, 0.2) is 0 Å². The second-order valence-corrected chi connectivity index (χ2v) is 7.37. The Morgan fingerprint density at radius 2 is 1.67 bits per heavy atom. The molecule has 0 radical (unpaired) electrons. The average Bonchev–Trinajstić information content (AvgIpc) is 2.54. The highest BCUT2D eigenvalue weighted by Crippen LogP contribution is 2.22. The maximum absolute atomic E-state index is 12.1. The van der Waals surface area contributed by atoms with Crippen molar-refractivity contribution in [2.24, 2.45) is 0 Å². The van der Waals surface area contributed by atoms with E-state index in [2.05, 4.69) is 17.6 Å². The Kier molecular flexibility index (Phi) is 9.94. The average molecular weight is 359 g/mol. The van der Waals surface area contributed by atoms with Crippen LogP contribution in [0.2, 0.25) is 0 Å². The van der Waals surface area contributed by atoms with E-state index in [0.29, 0.717) is 12.0 Å². The van der Waals surface area contributed by atoms with Crippen molar-refractivity contribution in [2.45, 2.75) is 44.4 Å². The van der Waals surface area contributed by atoms with Gasteiger partial charge in [-0.2, -0.15) is 8.42 Å². The number of phenols is 1. The Morgan fingerprint density at radius 1 is 1.04 bits per heavy atom. The summed E-state index contributed by atoms with van der Waals surface area (Å²) in [5.41, 5.74) is 0.558. The van der Waals surface area contributed by atoms with E-state index in [1.807, 2.05) is 0 Å². The van der Waals surface area contributed by atoms with Crippen molar-refractivity contribution < 1.29 is 17.7 Å². The van der Waals surface area contributed by atoms with E-state index in [0.717, 1.165) is 45.4 Å². The summed E-state index contributed by atoms with van der Waals surface area (Å²) in [5, 5.41) is 16.1. The molecule has 1 aromatic carbocycles. The maximum atomic E-state index is 12.1. The van der Waals surface area contributed by atoms with Crippen LogP contribution in [0.25, 0.3) is 0 Å². The van der Waals surface area contributed by atoms with Crippen LogP contribution in [-0.4, -0.2) is 46.3 Å². The number of hydrogen-bond donors (Lipinski definition) is 3. The lowest BCUT2D eigenvalue weighted by Gasteiger charge is -2.09. The van der Waals surface area contributed by atoms with Crippen LogP contribution in [0.3, 0.4) is 0 Å². The number of unbranched alkanes of at least 4 members (excludes halogenated alkanes) is 1. The van der Waals surface area contributed by atoms with Crippen LogP contribution in [-0.2, 0) is 14.3 Å². The van der Waals surface area contributed by atoms with Crippen molar-refractivity contribution in [1.29, 1.82) is 0 Å². The molecular weight excluding hydrogens is 328 g/mol. The Balaban J connectivity index is 2.15. The number of hydrogen-bond acceptors (Lipinski definition) is 6. The van der Waals surface area contributed by atoms with Crippen LogP contribution in [0.15, 0.2) is 23.1 Å². The maximum Gasteiger partial charge on any atom is 0.297 e. The van der Waals surface area contributed by atoms with Gasteiger partial charge in [0.25, 0.3) is 10.1 Å². The first-order chi connectivity index (χ1) is 11.5. The van der Waals surface area contributed by atoms with Gasteiger partial charge in [-0.05, 0) is 70.4 Å². The molecule has 24 heavy (non-hydrogen) atoms. The van der Waals surface area contributed by atoms with Crippen molar-refractivity contribution in [1.82, 2.24) is 10.6 Å². The smallest absolute Gasteiger partial charge is 0.297 e. The SMILES string of the molecule is CCCNCCCCNCCCOS(=O)(=O)c1cc(O)ccc1C. The summed E-state index contributed by atoms with van der Waals surface area (Å²) in [6.45, 7) is 7.70. The molecule has 0 aliphatic carbocycles. The van der Waals surface area contributed by atoms with Crippen LogP contribution in [0.1, 0.15) is 38.2 Å². The quantitative estimate of drug-likeness (QED) is 0.370. The molecule has 7 heteroatoms. The van der Waals surface area contributed by atoms with E-state index in [9.17, 15) is 13.5 Å². The summed E-state index contributed by atoms with van der Waals surface area (Å²) in [7, 11) is -3.82. The molecule has 1 rings (SSSR count). The van der Waals surface area contributed by atoms with Crippen molar-refractivity contribution >= 4 is 10.1 Å². The van der Waals surface area contributed by atoms with Gasteiger partial charge in [-0.1, -0.05) is 13.0 Å². The van der Waals surface area contributed by atoms with Gasteiger partial charge < -0.3 is 15.7 Å². The summed E-state index contributed by atoms with van der Waals surface area (Å²) >= 11 is 0. The monoisotopic (exact) mass is 358 g/mol. The van der Waals surface area contributed by atoms with Crippen LogP contribution in [0.5, 0.6) is 5.75 Å². The van der Waals surface area contributed by atoms with Gasteiger partial charge in [0.1, 0.15) is 10.6 Å². The molecule has 6 nitrogen and oxygen atoms in total. The number of aryl methyl sites for hydroxylation is 1. The van der Waals surface area contributed by atoms with Crippen LogP contribution >= 0.6 is 0 Å². The molecule has 0 saturated heterocycles. The van der Waals surface area contributed by atoms with Crippen molar-refractivity contribution in [2.75, 3.05) is 32.8 Å². The summed E-state index contributed by atoms with van der Waals surface area (Å²) in [4.78, 5) is 0.0232. The third-order valence-electron chi connectivity index (χ3n) is 3.56. The Labute approximate surface area is 145 Å². The molecule has 0 aliphatic rings. The molecule has 3 N–H and O–H groups in total. The fraction of sp³-hybridized carbons (Fsp3) is 0.647. The molecule has 1 aromatic rings. The minimum Gasteiger partial charge on any atom is -0.508 e. The van der Waals surface area contributed by atoms with Gasteiger partial charge in [0.05, 0.1) is 6.61 Å². The van der Waals surface area contributed by atoms with E-state index >= 15 is 0 Å². The van der Waals surface area contributed by atoms with Gasteiger partial charge in [0, 0.05) is 6.07 Å². The predicted octanol–water partition coefficient (Wildman–Crippen LogP) is 2.17. The van der Waals surface area contributed by atoms with Gasteiger partial charge >= 0.3 is 0 Å². The zero-order chi connectivity index (χ0) is 17.8. The van der Waals surface area contributed by atoms with Crippen LogP contribution in [0.4, 0.5) is 0 Å². The summed E-state index contributed by atoms with van der Waals surface area (Å²) in [6.07, 6.45) is 4.00. The number of nitrogens with one attached hydrogen (secondary N) is 2. The first-order valence-electron chi connectivity index (χ1n) is 8.58. The number of benzene rings is 1. The Bertz CT molecular complexity index is 576. The highest BCUT2D eigenvalue weighted by molar-refractivity contribution is 7.86.